The minimum Gasteiger partial charge on any atom is -0.459 e. The number of ether oxygens (including phenoxy) is 1. The summed E-state index contributed by atoms with van der Waals surface area (Å²) in [6.45, 7) is 0.423. The molecule has 3 rings (SSSR count). The molecule has 26 heavy (non-hydrogen) atoms. The Morgan fingerprint density at radius 3 is 2.58 bits per heavy atom. The first kappa shape index (κ1) is 18.1. The summed E-state index contributed by atoms with van der Waals surface area (Å²) in [6.07, 6.45) is 4.71. The van der Waals surface area contributed by atoms with Gasteiger partial charge in [0.25, 0.3) is 0 Å². The molecule has 1 aromatic heterocycles. The predicted molar refractivity (Wildman–Crippen MR) is 99.2 cm³/mol. The molecule has 1 aromatic carbocycles. The number of esters is 1. The van der Waals surface area contributed by atoms with Crippen LogP contribution in [0.25, 0.3) is 0 Å². The molecule has 0 bridgehead atoms. The van der Waals surface area contributed by atoms with Crippen LogP contribution in [0.4, 0.5) is 15.6 Å². The Kier molecular flexibility index (Phi) is 6.00. The Hall–Kier alpha value is -2.68. The molecule has 0 saturated heterocycles. The molecule has 0 radical (unpaired) electrons. The summed E-state index contributed by atoms with van der Waals surface area (Å²) in [6, 6.07) is 6.32. The molecule has 2 aromatic rings. The Labute approximate surface area is 155 Å². The maximum Gasteiger partial charge on any atom is 0.338 e. The number of nitrogens with one attached hydrogen (secondary N) is 2. The minimum atomic E-state index is -0.330. The Morgan fingerprint density at radius 2 is 1.92 bits per heavy atom. The van der Waals surface area contributed by atoms with Gasteiger partial charge in [-0.1, -0.05) is 11.3 Å². The topological polar surface area (TPSA) is 119 Å². The van der Waals surface area contributed by atoms with Gasteiger partial charge in [0.2, 0.25) is 5.13 Å². The molecule has 1 aliphatic carbocycles. The summed E-state index contributed by atoms with van der Waals surface area (Å²) >= 11 is 1.30. The molecule has 138 valence electrons. The van der Waals surface area contributed by atoms with Gasteiger partial charge in [-0.15, -0.1) is 10.2 Å². The Bertz CT molecular complexity index is 756. The van der Waals surface area contributed by atoms with Crippen LogP contribution in [0.15, 0.2) is 24.3 Å². The molecular formula is C17H21N5O3S. The number of hydrogen-bond acceptors (Lipinski definition) is 7. The number of hydrogen-bond donors (Lipinski definition) is 3. The summed E-state index contributed by atoms with van der Waals surface area (Å²) in [5, 5.41) is 14.2. The summed E-state index contributed by atoms with van der Waals surface area (Å²) in [4.78, 5) is 24.0. The van der Waals surface area contributed by atoms with Crippen molar-refractivity contribution in [1.29, 1.82) is 0 Å². The van der Waals surface area contributed by atoms with Gasteiger partial charge >= 0.3 is 12.0 Å². The lowest BCUT2D eigenvalue weighted by molar-refractivity contribution is 0.0318. The molecule has 1 heterocycles. The van der Waals surface area contributed by atoms with Gasteiger partial charge in [-0.3, -0.25) is 0 Å². The number of amides is 2. The van der Waals surface area contributed by atoms with E-state index >= 15 is 0 Å². The van der Waals surface area contributed by atoms with Crippen molar-refractivity contribution in [2.75, 3.05) is 17.6 Å². The first-order chi connectivity index (χ1) is 12.6. The predicted octanol–water partition coefficient (Wildman–Crippen LogP) is 2.58. The van der Waals surface area contributed by atoms with E-state index in [-0.39, 0.29) is 18.1 Å². The van der Waals surface area contributed by atoms with E-state index < -0.39 is 0 Å². The number of urea groups is 1. The van der Waals surface area contributed by atoms with Crippen molar-refractivity contribution in [3.8, 4) is 0 Å². The second-order valence-corrected chi connectivity index (χ2v) is 7.15. The van der Waals surface area contributed by atoms with Gasteiger partial charge in [0.15, 0.2) is 0 Å². The van der Waals surface area contributed by atoms with Crippen molar-refractivity contribution < 1.29 is 14.3 Å². The van der Waals surface area contributed by atoms with E-state index in [1.165, 1.54) is 11.3 Å². The number of carbonyl (C=O) groups is 2. The number of rotatable bonds is 6. The van der Waals surface area contributed by atoms with Crippen LogP contribution in [-0.2, 0) is 11.2 Å². The maximum atomic E-state index is 12.1. The molecule has 1 aliphatic rings. The monoisotopic (exact) mass is 375 g/mol. The van der Waals surface area contributed by atoms with E-state index in [2.05, 4.69) is 20.8 Å². The zero-order chi connectivity index (χ0) is 18.4. The maximum absolute atomic E-state index is 12.1. The summed E-state index contributed by atoms with van der Waals surface area (Å²) in [5.41, 5.74) is 6.58. The van der Waals surface area contributed by atoms with Crippen molar-refractivity contribution >= 4 is 34.2 Å². The number of benzene rings is 1. The lowest BCUT2D eigenvalue weighted by Gasteiger charge is -2.11. The fourth-order valence-corrected chi connectivity index (χ4v) is 3.35. The van der Waals surface area contributed by atoms with Gasteiger partial charge in [-0.2, -0.15) is 0 Å². The largest absolute Gasteiger partial charge is 0.459 e. The highest BCUT2D eigenvalue weighted by molar-refractivity contribution is 7.15. The average molecular weight is 375 g/mol. The number of carbonyl (C=O) groups excluding carboxylic acids is 2. The second kappa shape index (κ2) is 8.61. The quantitative estimate of drug-likeness (QED) is 0.668. The van der Waals surface area contributed by atoms with E-state index in [4.69, 9.17) is 10.5 Å². The van der Waals surface area contributed by atoms with Gasteiger partial charge in [0.05, 0.1) is 5.56 Å². The molecule has 9 heteroatoms. The van der Waals surface area contributed by atoms with Crippen LogP contribution in [0.5, 0.6) is 0 Å². The summed E-state index contributed by atoms with van der Waals surface area (Å²) < 4.78 is 5.46. The molecule has 0 aliphatic heterocycles. The third-order valence-electron chi connectivity index (χ3n) is 4.06. The molecule has 2 amide bonds. The van der Waals surface area contributed by atoms with Crippen molar-refractivity contribution in [1.82, 2.24) is 15.5 Å². The molecular weight excluding hydrogens is 354 g/mol. The highest BCUT2D eigenvalue weighted by atomic mass is 32.1. The van der Waals surface area contributed by atoms with Crippen molar-refractivity contribution in [2.24, 2.45) is 0 Å². The van der Waals surface area contributed by atoms with Gasteiger partial charge in [-0.05, 0) is 49.9 Å². The highest BCUT2D eigenvalue weighted by Gasteiger charge is 2.20. The SMILES string of the molecule is Nc1nnc(CCNC(=O)Nc2ccc(C(=O)OC3CCCC3)cc2)s1. The molecule has 0 atom stereocenters. The fourth-order valence-electron chi connectivity index (χ4n) is 2.74. The third kappa shape index (κ3) is 5.16. The third-order valence-corrected chi connectivity index (χ3v) is 4.87. The minimum absolute atomic E-state index is 0.0365. The van der Waals surface area contributed by atoms with Gasteiger partial charge < -0.3 is 21.1 Å². The summed E-state index contributed by atoms with van der Waals surface area (Å²) in [7, 11) is 0. The van der Waals surface area contributed by atoms with Crippen molar-refractivity contribution in [3.63, 3.8) is 0 Å². The number of aromatic nitrogens is 2. The number of nitrogens with two attached hydrogens (primary N) is 1. The molecule has 0 spiro atoms. The zero-order valence-electron chi connectivity index (χ0n) is 14.2. The molecule has 8 nitrogen and oxygen atoms in total. The number of anilines is 2. The number of nitrogen functional groups attached to an aromatic ring is 1. The van der Waals surface area contributed by atoms with Crippen LogP contribution >= 0.6 is 11.3 Å². The standard InChI is InChI=1S/C17H21N5O3S/c18-16-22-21-14(26-16)9-10-19-17(24)20-12-7-5-11(6-8-12)15(23)25-13-3-1-2-4-13/h5-8,13H,1-4,9-10H2,(H2,18,22)(H2,19,20,24). The van der Waals surface area contributed by atoms with Crippen LogP contribution in [-0.4, -0.2) is 34.8 Å². The van der Waals surface area contributed by atoms with Gasteiger partial charge in [0.1, 0.15) is 11.1 Å². The first-order valence-corrected chi connectivity index (χ1v) is 9.35. The first-order valence-electron chi connectivity index (χ1n) is 8.54. The van der Waals surface area contributed by atoms with Crippen LogP contribution in [0.1, 0.15) is 41.0 Å². The van der Waals surface area contributed by atoms with E-state index in [0.717, 1.165) is 30.7 Å². The average Bonchev–Trinajstić information content (AvgIpc) is 3.27. The normalized spacial score (nSPS) is 14.2. The smallest absolute Gasteiger partial charge is 0.338 e. The van der Waals surface area contributed by atoms with Crippen molar-refractivity contribution in [2.45, 2.75) is 38.2 Å². The van der Waals surface area contributed by atoms with E-state index in [9.17, 15) is 9.59 Å². The van der Waals surface area contributed by atoms with Crippen LogP contribution in [0.3, 0.4) is 0 Å². The van der Waals surface area contributed by atoms with Gasteiger partial charge in [0, 0.05) is 18.7 Å². The second-order valence-electron chi connectivity index (χ2n) is 6.05. The molecule has 4 N–H and O–H groups in total. The van der Waals surface area contributed by atoms with Crippen LogP contribution < -0.4 is 16.4 Å². The van der Waals surface area contributed by atoms with Gasteiger partial charge in [-0.25, -0.2) is 9.59 Å². The van der Waals surface area contributed by atoms with E-state index in [1.807, 2.05) is 0 Å². The number of nitrogens with zero attached hydrogens (tertiary/aromatic N) is 2. The fraction of sp³-hybridized carbons (Fsp3) is 0.412. The Morgan fingerprint density at radius 1 is 1.19 bits per heavy atom. The molecule has 1 fully saturated rings. The molecule has 0 unspecified atom stereocenters. The Balaban J connectivity index is 1.42. The molecule has 1 saturated carbocycles. The van der Waals surface area contributed by atoms with E-state index in [0.29, 0.717) is 29.3 Å². The van der Waals surface area contributed by atoms with Crippen molar-refractivity contribution in [3.05, 3.63) is 34.8 Å². The highest BCUT2D eigenvalue weighted by Crippen LogP contribution is 2.22. The zero-order valence-corrected chi connectivity index (χ0v) is 15.1. The van der Waals surface area contributed by atoms with E-state index in [1.54, 1.807) is 24.3 Å². The van der Waals surface area contributed by atoms with Crippen LogP contribution in [0, 0.1) is 0 Å². The van der Waals surface area contributed by atoms with Crippen LogP contribution in [0.2, 0.25) is 0 Å². The lowest BCUT2D eigenvalue weighted by Crippen LogP contribution is -2.30. The lowest BCUT2D eigenvalue weighted by atomic mass is 10.2. The summed E-state index contributed by atoms with van der Waals surface area (Å²) in [5.74, 6) is -0.316.